The molecule has 0 atom stereocenters. The normalized spacial score (nSPS) is 10.1. The topological polar surface area (TPSA) is 92.1 Å². The third kappa shape index (κ3) is 2.51. The molecule has 0 unspecified atom stereocenters. The molecule has 6 nitrogen and oxygen atoms in total. The fourth-order valence-electron chi connectivity index (χ4n) is 1.41. The number of hydrogen-bond acceptors (Lipinski definition) is 4. The van der Waals surface area contributed by atoms with Gasteiger partial charge in [-0.05, 0) is 18.2 Å². The van der Waals surface area contributed by atoms with Gasteiger partial charge in [0.15, 0.2) is 0 Å². The number of primary amides is 1. The van der Waals surface area contributed by atoms with E-state index < -0.39 is 6.03 Å². The van der Waals surface area contributed by atoms with Gasteiger partial charge in [0.25, 0.3) is 5.56 Å². The minimum absolute atomic E-state index is 0.259. The van der Waals surface area contributed by atoms with Crippen molar-refractivity contribution < 1.29 is 4.79 Å². The number of nitrogens with zero attached hydrogens (tertiary/aromatic N) is 2. The highest BCUT2D eigenvalue weighted by molar-refractivity contribution is 7.82. The van der Waals surface area contributed by atoms with Crippen LogP contribution in [0.3, 0.4) is 0 Å². The SMILES string of the molecule is NC(=O)N(S)c1ccc(-c2ccc(=O)[nH]n2)cc1. The van der Waals surface area contributed by atoms with E-state index >= 15 is 0 Å². The number of nitrogens with two attached hydrogens (primary N) is 1. The summed E-state index contributed by atoms with van der Waals surface area (Å²) in [4.78, 5) is 21.8. The number of carbonyl (C=O) groups excluding carboxylic acids is 1. The zero-order chi connectivity index (χ0) is 13.1. The number of aromatic amines is 1. The highest BCUT2D eigenvalue weighted by atomic mass is 32.1. The second kappa shape index (κ2) is 4.92. The standard InChI is InChI=1S/C11H10N4O2S/c12-11(17)15(18)8-3-1-7(2-4-8)9-5-6-10(16)14-13-9/h1-6,18H,(H2,12,17)(H,14,16). The van der Waals surface area contributed by atoms with E-state index in [1.54, 1.807) is 30.3 Å². The average Bonchev–Trinajstić information content (AvgIpc) is 2.39. The van der Waals surface area contributed by atoms with Crippen molar-refractivity contribution >= 4 is 24.5 Å². The van der Waals surface area contributed by atoms with Crippen LogP contribution in [0, 0.1) is 0 Å². The Morgan fingerprint density at radius 1 is 1.22 bits per heavy atom. The Morgan fingerprint density at radius 2 is 1.89 bits per heavy atom. The molecule has 1 aromatic heterocycles. The molecule has 2 aromatic rings. The third-order valence-corrected chi connectivity index (χ3v) is 2.72. The van der Waals surface area contributed by atoms with E-state index in [9.17, 15) is 9.59 Å². The monoisotopic (exact) mass is 262 g/mol. The van der Waals surface area contributed by atoms with Crippen LogP contribution in [0.5, 0.6) is 0 Å². The summed E-state index contributed by atoms with van der Waals surface area (Å²) < 4.78 is 1.03. The number of carbonyl (C=O) groups is 1. The Hall–Kier alpha value is -2.28. The maximum atomic E-state index is 10.9. The van der Waals surface area contributed by atoms with Gasteiger partial charge in [-0.25, -0.2) is 14.2 Å². The summed E-state index contributed by atoms with van der Waals surface area (Å²) in [5, 5.41) is 6.25. The van der Waals surface area contributed by atoms with E-state index in [0.29, 0.717) is 11.4 Å². The first kappa shape index (κ1) is 12.2. The maximum Gasteiger partial charge on any atom is 0.329 e. The summed E-state index contributed by atoms with van der Waals surface area (Å²) in [7, 11) is 0. The van der Waals surface area contributed by atoms with Crippen LogP contribution in [-0.2, 0) is 0 Å². The molecule has 3 N–H and O–H groups in total. The molecular weight excluding hydrogens is 252 g/mol. The Labute approximate surface area is 108 Å². The van der Waals surface area contributed by atoms with Crippen molar-refractivity contribution in [3.63, 3.8) is 0 Å². The molecule has 2 amide bonds. The van der Waals surface area contributed by atoms with Crippen LogP contribution in [0.2, 0.25) is 0 Å². The molecule has 18 heavy (non-hydrogen) atoms. The second-order valence-corrected chi connectivity index (χ2v) is 3.90. The molecular formula is C11H10N4O2S. The lowest BCUT2D eigenvalue weighted by molar-refractivity contribution is 0.257. The van der Waals surface area contributed by atoms with Crippen LogP contribution in [0.25, 0.3) is 11.3 Å². The molecule has 0 radical (unpaired) electrons. The minimum atomic E-state index is -0.659. The molecule has 0 aliphatic carbocycles. The largest absolute Gasteiger partial charge is 0.350 e. The van der Waals surface area contributed by atoms with Crippen LogP contribution < -0.4 is 15.6 Å². The first-order chi connectivity index (χ1) is 8.58. The molecule has 0 spiro atoms. The molecule has 0 saturated heterocycles. The van der Waals surface area contributed by atoms with Gasteiger partial charge in [0.1, 0.15) is 0 Å². The van der Waals surface area contributed by atoms with Gasteiger partial charge in [-0.3, -0.25) is 4.79 Å². The smallest absolute Gasteiger partial charge is 0.329 e. The summed E-state index contributed by atoms with van der Waals surface area (Å²) in [6.07, 6.45) is 0. The average molecular weight is 262 g/mol. The van der Waals surface area contributed by atoms with Crippen LogP contribution in [-0.4, -0.2) is 16.2 Å². The number of anilines is 1. The molecule has 0 bridgehead atoms. The highest BCUT2D eigenvalue weighted by Crippen LogP contribution is 2.21. The number of amides is 2. The van der Waals surface area contributed by atoms with Gasteiger partial charge in [0.2, 0.25) is 0 Å². The van der Waals surface area contributed by atoms with Gasteiger partial charge >= 0.3 is 6.03 Å². The zero-order valence-electron chi connectivity index (χ0n) is 9.20. The fraction of sp³-hybridized carbons (Fsp3) is 0. The van der Waals surface area contributed by atoms with E-state index in [1.165, 1.54) is 6.07 Å². The first-order valence-corrected chi connectivity index (χ1v) is 5.42. The second-order valence-electron chi connectivity index (χ2n) is 3.50. The van der Waals surface area contributed by atoms with Gasteiger partial charge in [-0.2, -0.15) is 5.10 Å². The Morgan fingerprint density at radius 3 is 2.39 bits per heavy atom. The summed E-state index contributed by atoms with van der Waals surface area (Å²) >= 11 is 3.95. The van der Waals surface area contributed by atoms with E-state index in [0.717, 1.165) is 9.87 Å². The van der Waals surface area contributed by atoms with Gasteiger partial charge in [-0.15, -0.1) is 0 Å². The minimum Gasteiger partial charge on any atom is -0.350 e. The third-order valence-electron chi connectivity index (χ3n) is 2.30. The van der Waals surface area contributed by atoms with E-state index in [2.05, 4.69) is 23.0 Å². The summed E-state index contributed by atoms with van der Waals surface area (Å²) in [6, 6.07) is 9.21. The molecule has 0 aliphatic heterocycles. The van der Waals surface area contributed by atoms with Crippen molar-refractivity contribution in [1.29, 1.82) is 0 Å². The zero-order valence-corrected chi connectivity index (χ0v) is 10.1. The van der Waals surface area contributed by atoms with Crippen LogP contribution in [0.4, 0.5) is 10.5 Å². The van der Waals surface area contributed by atoms with Crippen molar-refractivity contribution in [2.45, 2.75) is 0 Å². The number of H-pyrrole nitrogens is 1. The number of thiol groups is 1. The Balaban J connectivity index is 2.30. The number of aromatic nitrogens is 2. The Kier molecular flexibility index (Phi) is 3.33. The summed E-state index contributed by atoms with van der Waals surface area (Å²) in [5.74, 6) is 0. The molecule has 7 heteroatoms. The van der Waals surface area contributed by atoms with E-state index in [1.807, 2.05) is 0 Å². The molecule has 1 aromatic carbocycles. The number of rotatable bonds is 2. The lowest BCUT2D eigenvalue weighted by atomic mass is 10.1. The quantitative estimate of drug-likeness (QED) is 0.709. The molecule has 0 saturated carbocycles. The predicted molar refractivity (Wildman–Crippen MR) is 71.3 cm³/mol. The van der Waals surface area contributed by atoms with Crippen LogP contribution >= 0.6 is 12.8 Å². The first-order valence-electron chi connectivity index (χ1n) is 5.02. The molecule has 1 heterocycles. The predicted octanol–water partition coefficient (Wildman–Crippen LogP) is 1.17. The van der Waals surface area contributed by atoms with Crippen LogP contribution in [0.1, 0.15) is 0 Å². The number of nitrogens with one attached hydrogen (secondary N) is 1. The number of hydrogen-bond donors (Lipinski definition) is 3. The van der Waals surface area contributed by atoms with E-state index in [4.69, 9.17) is 5.73 Å². The van der Waals surface area contributed by atoms with Crippen molar-refractivity contribution in [3.05, 3.63) is 46.8 Å². The van der Waals surface area contributed by atoms with E-state index in [-0.39, 0.29) is 5.56 Å². The maximum absolute atomic E-state index is 10.9. The van der Waals surface area contributed by atoms with Crippen molar-refractivity contribution in [2.24, 2.45) is 5.73 Å². The summed E-state index contributed by atoms with van der Waals surface area (Å²) in [5.41, 5.74) is 6.83. The highest BCUT2D eigenvalue weighted by Gasteiger charge is 2.07. The lowest BCUT2D eigenvalue weighted by Gasteiger charge is -2.12. The lowest BCUT2D eigenvalue weighted by Crippen LogP contribution is -2.27. The van der Waals surface area contributed by atoms with Crippen LogP contribution in [0.15, 0.2) is 41.2 Å². The van der Waals surface area contributed by atoms with Gasteiger partial charge < -0.3 is 5.73 Å². The fourth-order valence-corrected chi connectivity index (χ4v) is 1.54. The number of benzene rings is 1. The van der Waals surface area contributed by atoms with Crippen molar-refractivity contribution in [1.82, 2.24) is 10.2 Å². The van der Waals surface area contributed by atoms with Crippen molar-refractivity contribution in [3.8, 4) is 11.3 Å². The summed E-state index contributed by atoms with van der Waals surface area (Å²) in [6.45, 7) is 0. The molecule has 2 rings (SSSR count). The van der Waals surface area contributed by atoms with Gasteiger partial charge in [0, 0.05) is 11.6 Å². The number of urea groups is 1. The molecule has 0 aliphatic rings. The van der Waals surface area contributed by atoms with Gasteiger partial charge in [-0.1, -0.05) is 24.9 Å². The molecule has 0 fully saturated rings. The molecule has 92 valence electrons. The van der Waals surface area contributed by atoms with Crippen molar-refractivity contribution in [2.75, 3.05) is 4.31 Å². The van der Waals surface area contributed by atoms with Gasteiger partial charge in [0.05, 0.1) is 11.4 Å². The Bertz CT molecular complexity index is 603.